The zero-order chi connectivity index (χ0) is 13.7. The summed E-state index contributed by atoms with van der Waals surface area (Å²) in [4.78, 5) is 15.2. The highest BCUT2D eigenvalue weighted by molar-refractivity contribution is 5.89. The number of nitrogens with two attached hydrogens (primary N) is 1. The van der Waals surface area contributed by atoms with Gasteiger partial charge in [0, 0.05) is 12.1 Å². The van der Waals surface area contributed by atoms with Crippen molar-refractivity contribution in [1.29, 1.82) is 0 Å². The third kappa shape index (κ3) is 4.06. The Morgan fingerprint density at radius 1 is 1.21 bits per heavy atom. The summed E-state index contributed by atoms with van der Waals surface area (Å²) in [6.45, 7) is 0. The number of benzene rings is 1. The quantitative estimate of drug-likeness (QED) is 0.654. The summed E-state index contributed by atoms with van der Waals surface area (Å²) >= 11 is 0. The second kappa shape index (κ2) is 5.95. The number of nitrogens with one attached hydrogen (secondary N) is 1. The molecular weight excluding hydrogens is 245 g/mol. The summed E-state index contributed by atoms with van der Waals surface area (Å²) in [6, 6.07) is 11.6. The average Bonchev–Trinajstić information content (AvgIpc) is 2.38. The van der Waals surface area contributed by atoms with Gasteiger partial charge in [-0.2, -0.15) is 4.39 Å². The van der Waals surface area contributed by atoms with Crippen LogP contribution in [0, 0.1) is 5.95 Å². The summed E-state index contributed by atoms with van der Waals surface area (Å²) in [7, 11) is 0. The Hall–Kier alpha value is -2.43. The van der Waals surface area contributed by atoms with Crippen molar-refractivity contribution in [2.24, 2.45) is 0 Å². The largest absolute Gasteiger partial charge is 0.399 e. The van der Waals surface area contributed by atoms with Gasteiger partial charge in [-0.05, 0) is 36.2 Å². The van der Waals surface area contributed by atoms with Gasteiger partial charge < -0.3 is 11.1 Å². The van der Waals surface area contributed by atoms with Crippen LogP contribution >= 0.6 is 0 Å². The second-order valence-corrected chi connectivity index (χ2v) is 4.14. The van der Waals surface area contributed by atoms with Crippen LogP contribution in [0.15, 0.2) is 42.5 Å². The van der Waals surface area contributed by atoms with Crippen LogP contribution in [0.2, 0.25) is 0 Å². The summed E-state index contributed by atoms with van der Waals surface area (Å²) in [6.07, 6.45) is 0.906. The number of carbonyl (C=O) groups is 1. The number of amides is 1. The minimum atomic E-state index is -0.615. The van der Waals surface area contributed by atoms with E-state index in [1.165, 1.54) is 12.1 Å². The Morgan fingerprint density at radius 3 is 2.63 bits per heavy atom. The molecule has 1 aromatic heterocycles. The standard InChI is InChI=1S/C14H14FN3O/c15-12-2-1-3-13(17-12)18-14(19)9-6-10-4-7-11(16)8-5-10/h1-5,7-8H,6,9,16H2,(H,17,18,19). The molecule has 1 aromatic carbocycles. The van der Waals surface area contributed by atoms with E-state index >= 15 is 0 Å². The molecule has 4 nitrogen and oxygen atoms in total. The minimum Gasteiger partial charge on any atom is -0.399 e. The van der Waals surface area contributed by atoms with Crippen LogP contribution in [-0.2, 0) is 11.2 Å². The molecule has 0 spiro atoms. The van der Waals surface area contributed by atoms with Gasteiger partial charge in [0.15, 0.2) is 0 Å². The van der Waals surface area contributed by atoms with Gasteiger partial charge in [0.1, 0.15) is 5.82 Å². The topological polar surface area (TPSA) is 68.0 Å². The lowest BCUT2D eigenvalue weighted by molar-refractivity contribution is -0.116. The van der Waals surface area contributed by atoms with Gasteiger partial charge in [-0.3, -0.25) is 4.79 Å². The summed E-state index contributed by atoms with van der Waals surface area (Å²) in [5.74, 6) is -0.589. The fourth-order valence-corrected chi connectivity index (χ4v) is 1.63. The van der Waals surface area contributed by atoms with Crippen molar-refractivity contribution in [3.63, 3.8) is 0 Å². The molecular formula is C14H14FN3O. The molecule has 3 N–H and O–H groups in total. The first-order valence-corrected chi connectivity index (χ1v) is 5.90. The molecule has 0 saturated heterocycles. The Balaban J connectivity index is 1.86. The maximum atomic E-state index is 12.8. The molecule has 98 valence electrons. The molecule has 1 heterocycles. The van der Waals surface area contributed by atoms with Gasteiger partial charge in [0.25, 0.3) is 0 Å². The van der Waals surface area contributed by atoms with Gasteiger partial charge >= 0.3 is 0 Å². The van der Waals surface area contributed by atoms with Crippen LogP contribution in [-0.4, -0.2) is 10.9 Å². The zero-order valence-corrected chi connectivity index (χ0v) is 10.3. The van der Waals surface area contributed by atoms with E-state index in [1.54, 1.807) is 18.2 Å². The molecule has 1 amide bonds. The first-order chi connectivity index (χ1) is 9.13. The average molecular weight is 259 g/mol. The van der Waals surface area contributed by atoms with Crippen molar-refractivity contribution < 1.29 is 9.18 Å². The van der Waals surface area contributed by atoms with Crippen LogP contribution in [0.4, 0.5) is 15.9 Å². The lowest BCUT2D eigenvalue weighted by Crippen LogP contribution is -2.13. The summed E-state index contributed by atoms with van der Waals surface area (Å²) < 4.78 is 12.8. The smallest absolute Gasteiger partial charge is 0.225 e. The van der Waals surface area contributed by atoms with Gasteiger partial charge in [-0.25, -0.2) is 4.98 Å². The minimum absolute atomic E-state index is 0.199. The molecule has 0 aliphatic carbocycles. The van der Waals surface area contributed by atoms with Gasteiger partial charge in [-0.1, -0.05) is 18.2 Å². The normalized spacial score (nSPS) is 10.2. The number of pyridine rings is 1. The number of anilines is 2. The third-order valence-electron chi connectivity index (χ3n) is 2.60. The Kier molecular flexibility index (Phi) is 4.07. The monoisotopic (exact) mass is 259 g/mol. The first kappa shape index (κ1) is 13.0. The van der Waals surface area contributed by atoms with Gasteiger partial charge in [0.05, 0.1) is 0 Å². The number of aryl methyl sites for hydroxylation is 1. The maximum Gasteiger partial charge on any atom is 0.225 e. The number of nitrogens with zero attached hydrogens (tertiary/aromatic N) is 1. The molecule has 2 aromatic rings. The molecule has 0 bridgehead atoms. The SMILES string of the molecule is Nc1ccc(CCC(=O)Nc2cccc(F)n2)cc1. The molecule has 0 atom stereocenters. The summed E-state index contributed by atoms with van der Waals surface area (Å²) in [5.41, 5.74) is 7.29. The van der Waals surface area contributed by atoms with Crippen molar-refractivity contribution in [3.05, 3.63) is 54.0 Å². The molecule has 0 unspecified atom stereocenters. The third-order valence-corrected chi connectivity index (χ3v) is 2.60. The molecule has 0 saturated carbocycles. The van der Waals surface area contributed by atoms with Crippen molar-refractivity contribution in [2.45, 2.75) is 12.8 Å². The van der Waals surface area contributed by atoms with Crippen LogP contribution < -0.4 is 11.1 Å². The van der Waals surface area contributed by atoms with Crippen molar-refractivity contribution in [1.82, 2.24) is 4.98 Å². The zero-order valence-electron chi connectivity index (χ0n) is 10.3. The number of rotatable bonds is 4. The second-order valence-electron chi connectivity index (χ2n) is 4.14. The highest BCUT2D eigenvalue weighted by Gasteiger charge is 2.04. The fourth-order valence-electron chi connectivity index (χ4n) is 1.63. The number of nitrogen functional groups attached to an aromatic ring is 1. The lowest BCUT2D eigenvalue weighted by atomic mass is 10.1. The van der Waals surface area contributed by atoms with Crippen molar-refractivity contribution >= 4 is 17.4 Å². The molecule has 5 heteroatoms. The van der Waals surface area contributed by atoms with Gasteiger partial charge in [-0.15, -0.1) is 0 Å². The molecule has 0 radical (unpaired) electrons. The highest BCUT2D eigenvalue weighted by Crippen LogP contribution is 2.09. The molecule has 0 aliphatic rings. The van der Waals surface area contributed by atoms with Crippen LogP contribution in [0.3, 0.4) is 0 Å². The number of halogens is 1. The van der Waals surface area contributed by atoms with Crippen LogP contribution in [0.5, 0.6) is 0 Å². The predicted molar refractivity (Wildman–Crippen MR) is 72.0 cm³/mol. The van der Waals surface area contributed by atoms with E-state index in [0.717, 1.165) is 5.56 Å². The molecule has 19 heavy (non-hydrogen) atoms. The molecule has 0 aliphatic heterocycles. The summed E-state index contributed by atoms with van der Waals surface area (Å²) in [5, 5.41) is 2.55. The Labute approximate surface area is 110 Å². The van der Waals surface area contributed by atoms with E-state index < -0.39 is 5.95 Å². The van der Waals surface area contributed by atoms with Crippen molar-refractivity contribution in [3.8, 4) is 0 Å². The maximum absolute atomic E-state index is 12.8. The molecule has 0 fully saturated rings. The lowest BCUT2D eigenvalue weighted by Gasteiger charge is -2.04. The van der Waals surface area contributed by atoms with Crippen LogP contribution in [0.25, 0.3) is 0 Å². The van der Waals surface area contributed by atoms with E-state index in [2.05, 4.69) is 10.3 Å². The Bertz CT molecular complexity index is 569. The van der Waals surface area contributed by atoms with E-state index in [4.69, 9.17) is 5.73 Å². The van der Waals surface area contributed by atoms with E-state index in [9.17, 15) is 9.18 Å². The van der Waals surface area contributed by atoms with E-state index in [1.807, 2.05) is 12.1 Å². The highest BCUT2D eigenvalue weighted by atomic mass is 19.1. The number of hydrogen-bond donors (Lipinski definition) is 2. The van der Waals surface area contributed by atoms with Gasteiger partial charge in [0.2, 0.25) is 11.9 Å². The Morgan fingerprint density at radius 2 is 1.95 bits per heavy atom. The van der Waals surface area contributed by atoms with Crippen molar-refractivity contribution in [2.75, 3.05) is 11.1 Å². The predicted octanol–water partition coefficient (Wildman–Crippen LogP) is 2.37. The van der Waals surface area contributed by atoms with E-state index in [-0.39, 0.29) is 11.7 Å². The first-order valence-electron chi connectivity index (χ1n) is 5.90. The number of aromatic nitrogens is 1. The number of hydrogen-bond acceptors (Lipinski definition) is 3. The fraction of sp³-hybridized carbons (Fsp3) is 0.143. The number of carbonyl (C=O) groups excluding carboxylic acids is 1. The van der Waals surface area contributed by atoms with E-state index in [0.29, 0.717) is 18.5 Å². The molecule has 2 rings (SSSR count). The van der Waals surface area contributed by atoms with Crippen LogP contribution in [0.1, 0.15) is 12.0 Å².